The maximum absolute atomic E-state index is 13.9. The van der Waals surface area contributed by atoms with Gasteiger partial charge in [-0.1, -0.05) is 55.8 Å². The van der Waals surface area contributed by atoms with Crippen molar-refractivity contribution in [3.63, 3.8) is 0 Å². The number of hydrogen-bond donors (Lipinski definition) is 1. The number of carbonyl (C=O) groups is 4. The Labute approximate surface area is 191 Å². The predicted octanol–water partition coefficient (Wildman–Crippen LogP) is 3.05. The lowest BCUT2D eigenvalue weighted by Crippen LogP contribution is -2.58. The fourth-order valence-corrected chi connectivity index (χ4v) is 4.59. The van der Waals surface area contributed by atoms with E-state index in [9.17, 15) is 19.2 Å². The Hall–Kier alpha value is -3.19. The number of carbonyl (C=O) groups excluding carboxylic acids is 4. The molecule has 1 fully saturated rings. The smallest absolute Gasteiger partial charge is 0.262 e. The summed E-state index contributed by atoms with van der Waals surface area (Å²) in [6.45, 7) is 4.38. The van der Waals surface area contributed by atoms with Gasteiger partial charge < -0.3 is 10.2 Å². The number of amides is 4. The zero-order valence-electron chi connectivity index (χ0n) is 17.9. The van der Waals surface area contributed by atoms with E-state index in [1.165, 1.54) is 4.90 Å². The molecule has 2 unspecified atom stereocenters. The molecule has 0 radical (unpaired) electrons. The Morgan fingerprint density at radius 3 is 2.22 bits per heavy atom. The highest BCUT2D eigenvalue weighted by Crippen LogP contribution is 2.33. The number of rotatable bonds is 5. The largest absolute Gasteiger partial charge is 0.352 e. The van der Waals surface area contributed by atoms with Crippen molar-refractivity contribution in [1.82, 2.24) is 15.1 Å². The number of halogens is 1. The van der Waals surface area contributed by atoms with Crippen LogP contribution < -0.4 is 5.32 Å². The lowest BCUT2D eigenvalue weighted by atomic mass is 9.97. The summed E-state index contributed by atoms with van der Waals surface area (Å²) in [7, 11) is 0. The third kappa shape index (κ3) is 3.77. The Balaban J connectivity index is 1.73. The van der Waals surface area contributed by atoms with Gasteiger partial charge in [0.2, 0.25) is 11.8 Å². The fraction of sp³-hybridized carbons (Fsp3) is 0.333. The van der Waals surface area contributed by atoms with Crippen LogP contribution in [0.2, 0.25) is 5.02 Å². The van der Waals surface area contributed by atoms with Crippen LogP contribution in [0.15, 0.2) is 48.5 Å². The fourth-order valence-electron chi connectivity index (χ4n) is 4.36. The van der Waals surface area contributed by atoms with E-state index in [0.717, 1.165) is 4.90 Å². The summed E-state index contributed by atoms with van der Waals surface area (Å²) in [5, 5.41) is 3.15. The van der Waals surface area contributed by atoms with Crippen molar-refractivity contribution in [2.45, 2.75) is 32.4 Å². The van der Waals surface area contributed by atoms with E-state index in [0.29, 0.717) is 10.6 Å². The molecule has 2 aliphatic rings. The van der Waals surface area contributed by atoms with Crippen LogP contribution in [0.25, 0.3) is 0 Å². The molecule has 0 aromatic heterocycles. The highest BCUT2D eigenvalue weighted by atomic mass is 35.5. The normalized spacial score (nSPS) is 19.2. The lowest BCUT2D eigenvalue weighted by molar-refractivity contribution is -0.146. The van der Waals surface area contributed by atoms with Crippen LogP contribution in [0, 0.1) is 5.92 Å². The second-order valence-corrected chi connectivity index (χ2v) is 8.83. The summed E-state index contributed by atoms with van der Waals surface area (Å²) in [5.74, 6) is -1.72. The van der Waals surface area contributed by atoms with Crippen molar-refractivity contribution in [3.05, 3.63) is 70.2 Å². The van der Waals surface area contributed by atoms with Crippen LogP contribution in [0.3, 0.4) is 0 Å². The Morgan fingerprint density at radius 1 is 1.03 bits per heavy atom. The minimum absolute atomic E-state index is 0.0330. The third-order valence-electron chi connectivity index (χ3n) is 5.81. The molecule has 1 saturated heterocycles. The average Bonchev–Trinajstić information content (AvgIpc) is 3.02. The molecular formula is C24H24ClN3O4. The van der Waals surface area contributed by atoms with E-state index in [1.807, 2.05) is 13.8 Å². The first-order valence-electron chi connectivity index (χ1n) is 10.6. The lowest BCUT2D eigenvalue weighted by Gasteiger charge is -2.39. The van der Waals surface area contributed by atoms with E-state index >= 15 is 0 Å². The summed E-state index contributed by atoms with van der Waals surface area (Å²) < 4.78 is 0. The Morgan fingerprint density at radius 2 is 1.62 bits per heavy atom. The quantitative estimate of drug-likeness (QED) is 0.705. The van der Waals surface area contributed by atoms with Gasteiger partial charge in [0.05, 0.1) is 11.1 Å². The van der Waals surface area contributed by atoms with Gasteiger partial charge in [0, 0.05) is 23.7 Å². The van der Waals surface area contributed by atoms with Crippen molar-refractivity contribution in [3.8, 4) is 0 Å². The molecule has 0 bridgehead atoms. The highest BCUT2D eigenvalue weighted by Gasteiger charge is 2.46. The van der Waals surface area contributed by atoms with Crippen LogP contribution in [0.5, 0.6) is 0 Å². The van der Waals surface area contributed by atoms with Gasteiger partial charge in [-0.2, -0.15) is 0 Å². The minimum atomic E-state index is -1.02. The van der Waals surface area contributed by atoms with Gasteiger partial charge in [-0.25, -0.2) is 0 Å². The van der Waals surface area contributed by atoms with Gasteiger partial charge in [-0.15, -0.1) is 0 Å². The average molecular weight is 454 g/mol. The summed E-state index contributed by atoms with van der Waals surface area (Å²) >= 11 is 6.35. The van der Waals surface area contributed by atoms with E-state index in [-0.39, 0.29) is 42.5 Å². The highest BCUT2D eigenvalue weighted by molar-refractivity contribution is 6.31. The number of nitrogens with zero attached hydrogens (tertiary/aromatic N) is 2. The van der Waals surface area contributed by atoms with Gasteiger partial charge in [-0.05, 0) is 30.5 Å². The number of imide groups is 1. The molecule has 2 aromatic carbocycles. The van der Waals surface area contributed by atoms with Crippen LogP contribution >= 0.6 is 11.6 Å². The van der Waals surface area contributed by atoms with E-state index in [2.05, 4.69) is 5.32 Å². The van der Waals surface area contributed by atoms with Crippen molar-refractivity contribution in [2.24, 2.45) is 5.92 Å². The van der Waals surface area contributed by atoms with Gasteiger partial charge in [0.25, 0.3) is 11.8 Å². The Bertz CT molecular complexity index is 1070. The molecule has 2 heterocycles. The number of nitrogens with one attached hydrogen (secondary N) is 1. The van der Waals surface area contributed by atoms with Gasteiger partial charge in [-0.3, -0.25) is 24.1 Å². The van der Waals surface area contributed by atoms with E-state index in [4.69, 9.17) is 11.6 Å². The molecule has 0 spiro atoms. The predicted molar refractivity (Wildman–Crippen MR) is 119 cm³/mol. The topological polar surface area (TPSA) is 86.8 Å². The monoisotopic (exact) mass is 453 g/mol. The van der Waals surface area contributed by atoms with E-state index in [1.54, 1.807) is 48.5 Å². The number of fused-ring (bicyclic) bond motifs is 1. The maximum atomic E-state index is 13.9. The second-order valence-electron chi connectivity index (χ2n) is 8.42. The second kappa shape index (κ2) is 8.74. The summed E-state index contributed by atoms with van der Waals surface area (Å²) in [4.78, 5) is 55.4. The summed E-state index contributed by atoms with van der Waals surface area (Å²) in [5.41, 5.74) is 1.08. The molecule has 2 aliphatic heterocycles. The van der Waals surface area contributed by atoms with Gasteiger partial charge >= 0.3 is 0 Å². The molecule has 4 rings (SSSR count). The molecule has 2 aromatic rings. The molecule has 7 nitrogen and oxygen atoms in total. The first-order chi connectivity index (χ1) is 15.3. The molecular weight excluding hydrogens is 430 g/mol. The molecule has 1 N–H and O–H groups in total. The SMILES string of the molecule is CC(C)CC(C(=O)N1CCNC(=O)C1c1ccccc1Cl)N1C(=O)c2ccccc2C1=O. The zero-order valence-corrected chi connectivity index (χ0v) is 18.6. The first-order valence-corrected chi connectivity index (χ1v) is 11.0. The standard InChI is InChI=1S/C24H24ClN3O4/c1-14(2)13-19(28-22(30)15-7-3-4-8-16(15)23(28)31)24(32)27-12-11-26-21(29)20(27)17-9-5-6-10-18(17)25/h3-10,14,19-20H,11-13H2,1-2H3,(H,26,29). The van der Waals surface area contributed by atoms with Gasteiger partial charge in [0.15, 0.2) is 0 Å². The molecule has 32 heavy (non-hydrogen) atoms. The van der Waals surface area contributed by atoms with Crippen molar-refractivity contribution >= 4 is 35.2 Å². The molecule has 8 heteroatoms. The first kappa shape index (κ1) is 22.0. The molecule has 166 valence electrons. The number of hydrogen-bond acceptors (Lipinski definition) is 4. The molecule has 2 atom stereocenters. The van der Waals surface area contributed by atoms with Crippen LogP contribution in [-0.4, -0.2) is 52.6 Å². The van der Waals surface area contributed by atoms with Crippen molar-refractivity contribution in [2.75, 3.05) is 13.1 Å². The number of benzene rings is 2. The molecule has 0 saturated carbocycles. The number of piperazine rings is 1. The van der Waals surface area contributed by atoms with Crippen LogP contribution in [0.1, 0.15) is 52.6 Å². The minimum Gasteiger partial charge on any atom is -0.352 e. The molecule has 0 aliphatic carbocycles. The van der Waals surface area contributed by atoms with E-state index < -0.39 is 29.8 Å². The van der Waals surface area contributed by atoms with Crippen molar-refractivity contribution in [1.29, 1.82) is 0 Å². The summed E-state index contributed by atoms with van der Waals surface area (Å²) in [6.07, 6.45) is 0.289. The van der Waals surface area contributed by atoms with Crippen LogP contribution in [0.4, 0.5) is 0 Å². The maximum Gasteiger partial charge on any atom is 0.262 e. The van der Waals surface area contributed by atoms with Crippen LogP contribution in [-0.2, 0) is 9.59 Å². The van der Waals surface area contributed by atoms with Crippen molar-refractivity contribution < 1.29 is 19.2 Å². The third-order valence-corrected chi connectivity index (χ3v) is 6.16. The van der Waals surface area contributed by atoms with Gasteiger partial charge in [0.1, 0.15) is 12.1 Å². The molecule has 4 amide bonds. The zero-order chi connectivity index (χ0) is 23.0. The Kier molecular flexibility index (Phi) is 6.02. The summed E-state index contributed by atoms with van der Waals surface area (Å²) in [6, 6.07) is 11.5.